The molecule has 0 spiro atoms. The molecule has 0 nitrogen and oxygen atoms in total. The van der Waals surface area contributed by atoms with Crippen molar-refractivity contribution in [3.05, 3.63) is 34.1 Å². The maximum Gasteiger partial charge on any atom is 0.123 e. The van der Waals surface area contributed by atoms with Crippen molar-refractivity contribution in [2.24, 2.45) is 0 Å². The second-order valence-electron chi connectivity index (χ2n) is 2.21. The van der Waals surface area contributed by atoms with E-state index in [1.807, 2.05) is 0 Å². The molecule has 0 saturated carbocycles. The number of thiol groups is 1. The first kappa shape index (κ1) is 9.07. The van der Waals surface area contributed by atoms with Gasteiger partial charge in [0.15, 0.2) is 0 Å². The number of halogens is 2. The molecule has 0 heterocycles. The predicted octanol–water partition coefficient (Wildman–Crippen LogP) is 3.06. The standard InChI is InChI=1S/C8H8BrFS/c9-8-2-1-7(10)5-6(8)3-4-11/h1-2,5,11H,3-4H2. The zero-order valence-corrected chi connectivity index (χ0v) is 8.33. The molecule has 0 unspecified atom stereocenters. The van der Waals surface area contributed by atoms with Gasteiger partial charge in [-0.25, -0.2) is 4.39 Å². The van der Waals surface area contributed by atoms with Crippen molar-refractivity contribution in [2.75, 3.05) is 5.75 Å². The summed E-state index contributed by atoms with van der Waals surface area (Å²) in [5.74, 6) is 0.548. The molecule has 0 fully saturated rings. The molecule has 0 atom stereocenters. The van der Waals surface area contributed by atoms with Gasteiger partial charge in [-0.1, -0.05) is 15.9 Å². The maximum atomic E-state index is 12.6. The molecular weight excluding hydrogens is 227 g/mol. The number of aryl methyl sites for hydroxylation is 1. The van der Waals surface area contributed by atoms with Crippen LogP contribution in [0, 0.1) is 5.82 Å². The Hall–Kier alpha value is -0.0200. The SMILES string of the molecule is Fc1ccc(Br)c(CCS)c1. The summed E-state index contributed by atoms with van der Waals surface area (Å²) in [6.45, 7) is 0. The summed E-state index contributed by atoms with van der Waals surface area (Å²) in [6, 6.07) is 4.68. The fourth-order valence-electron chi connectivity index (χ4n) is 0.855. The monoisotopic (exact) mass is 234 g/mol. The average Bonchev–Trinajstić information content (AvgIpc) is 1.98. The molecule has 0 aliphatic heterocycles. The number of benzene rings is 1. The fraction of sp³-hybridized carbons (Fsp3) is 0.250. The molecule has 0 aromatic heterocycles. The van der Waals surface area contributed by atoms with Gasteiger partial charge in [0.1, 0.15) is 5.82 Å². The summed E-state index contributed by atoms with van der Waals surface area (Å²) in [7, 11) is 0. The quantitative estimate of drug-likeness (QED) is 0.748. The van der Waals surface area contributed by atoms with E-state index in [0.29, 0.717) is 0 Å². The molecule has 60 valence electrons. The van der Waals surface area contributed by atoms with Crippen LogP contribution in [-0.2, 0) is 6.42 Å². The first-order chi connectivity index (χ1) is 5.24. The van der Waals surface area contributed by atoms with Gasteiger partial charge >= 0.3 is 0 Å². The first-order valence-electron chi connectivity index (χ1n) is 3.29. The van der Waals surface area contributed by atoms with Crippen molar-refractivity contribution in [1.82, 2.24) is 0 Å². The van der Waals surface area contributed by atoms with Gasteiger partial charge < -0.3 is 0 Å². The molecular formula is C8H8BrFS. The summed E-state index contributed by atoms with van der Waals surface area (Å²) in [5.41, 5.74) is 0.972. The molecule has 11 heavy (non-hydrogen) atoms. The molecule has 0 aliphatic carbocycles. The Morgan fingerprint density at radius 3 is 2.82 bits per heavy atom. The normalized spacial score (nSPS) is 10.1. The van der Waals surface area contributed by atoms with Gasteiger partial charge in [0.2, 0.25) is 0 Å². The molecule has 1 aromatic carbocycles. The van der Waals surface area contributed by atoms with E-state index in [1.54, 1.807) is 6.07 Å². The van der Waals surface area contributed by atoms with Crippen LogP contribution in [0.4, 0.5) is 4.39 Å². The third-order valence-corrected chi connectivity index (χ3v) is 2.39. The minimum Gasteiger partial charge on any atom is -0.207 e. The van der Waals surface area contributed by atoms with Gasteiger partial charge in [-0.15, -0.1) is 0 Å². The van der Waals surface area contributed by atoms with Gasteiger partial charge in [-0.05, 0) is 35.9 Å². The van der Waals surface area contributed by atoms with Gasteiger partial charge in [0.05, 0.1) is 0 Å². The van der Waals surface area contributed by atoms with Gasteiger partial charge in [0.25, 0.3) is 0 Å². The van der Waals surface area contributed by atoms with Crippen LogP contribution < -0.4 is 0 Å². The fourth-order valence-corrected chi connectivity index (χ4v) is 1.54. The molecule has 1 aromatic rings. The highest BCUT2D eigenvalue weighted by atomic mass is 79.9. The zero-order valence-electron chi connectivity index (χ0n) is 5.85. The maximum absolute atomic E-state index is 12.6. The van der Waals surface area contributed by atoms with Gasteiger partial charge in [0, 0.05) is 4.47 Å². The van der Waals surface area contributed by atoms with E-state index < -0.39 is 0 Å². The molecule has 1 rings (SSSR count). The first-order valence-corrected chi connectivity index (χ1v) is 4.71. The van der Waals surface area contributed by atoms with Crippen LogP contribution in [0.15, 0.2) is 22.7 Å². The summed E-state index contributed by atoms with van der Waals surface area (Å²) >= 11 is 7.40. The lowest BCUT2D eigenvalue weighted by Gasteiger charge is -2.00. The summed E-state index contributed by atoms with van der Waals surface area (Å²) < 4.78 is 13.6. The minimum absolute atomic E-state index is 0.190. The van der Waals surface area contributed by atoms with Crippen LogP contribution in [0.1, 0.15) is 5.56 Å². The van der Waals surface area contributed by atoms with Crippen molar-refractivity contribution in [3.63, 3.8) is 0 Å². The van der Waals surface area contributed by atoms with E-state index in [4.69, 9.17) is 0 Å². The van der Waals surface area contributed by atoms with Crippen LogP contribution in [0.2, 0.25) is 0 Å². The highest BCUT2D eigenvalue weighted by Gasteiger charge is 1.99. The minimum atomic E-state index is -0.190. The van der Waals surface area contributed by atoms with Gasteiger partial charge in [-0.3, -0.25) is 0 Å². The van der Waals surface area contributed by atoms with Crippen molar-refractivity contribution in [3.8, 4) is 0 Å². The van der Waals surface area contributed by atoms with Crippen molar-refractivity contribution in [2.45, 2.75) is 6.42 Å². The molecule has 3 heteroatoms. The topological polar surface area (TPSA) is 0 Å². The Labute approximate surface area is 79.3 Å². The van der Waals surface area contributed by atoms with E-state index in [9.17, 15) is 4.39 Å². The van der Waals surface area contributed by atoms with Crippen molar-refractivity contribution >= 4 is 28.6 Å². The van der Waals surface area contributed by atoms with E-state index >= 15 is 0 Å². The molecule has 0 radical (unpaired) electrons. The number of hydrogen-bond acceptors (Lipinski definition) is 1. The third kappa shape index (κ3) is 2.49. The number of rotatable bonds is 2. The zero-order chi connectivity index (χ0) is 8.27. The lowest BCUT2D eigenvalue weighted by Crippen LogP contribution is -1.88. The van der Waals surface area contributed by atoms with E-state index in [1.165, 1.54) is 12.1 Å². The lowest BCUT2D eigenvalue weighted by atomic mass is 10.2. The van der Waals surface area contributed by atoms with Crippen molar-refractivity contribution < 1.29 is 4.39 Å². The Morgan fingerprint density at radius 2 is 2.18 bits per heavy atom. The molecule has 0 bridgehead atoms. The van der Waals surface area contributed by atoms with Crippen molar-refractivity contribution in [1.29, 1.82) is 0 Å². The van der Waals surface area contributed by atoms with E-state index in [2.05, 4.69) is 28.6 Å². The molecule has 0 saturated heterocycles. The second-order valence-corrected chi connectivity index (χ2v) is 3.51. The van der Waals surface area contributed by atoms with Gasteiger partial charge in [-0.2, -0.15) is 12.6 Å². The van der Waals surface area contributed by atoms with Crippen LogP contribution in [0.5, 0.6) is 0 Å². The molecule has 0 N–H and O–H groups in total. The summed E-state index contributed by atoms with van der Waals surface area (Å²) in [5, 5.41) is 0. The molecule has 0 amide bonds. The Kier molecular flexibility index (Phi) is 3.40. The average molecular weight is 235 g/mol. The Balaban J connectivity index is 2.93. The number of hydrogen-bond donors (Lipinski definition) is 1. The second kappa shape index (κ2) is 4.12. The summed E-state index contributed by atoms with van der Waals surface area (Å²) in [6.07, 6.45) is 0.793. The predicted molar refractivity (Wildman–Crippen MR) is 51.7 cm³/mol. The van der Waals surface area contributed by atoms with E-state index in [0.717, 1.165) is 22.2 Å². The van der Waals surface area contributed by atoms with E-state index in [-0.39, 0.29) is 5.82 Å². The van der Waals surface area contributed by atoms with Crippen LogP contribution >= 0.6 is 28.6 Å². The third-order valence-electron chi connectivity index (χ3n) is 1.39. The summed E-state index contributed by atoms with van der Waals surface area (Å²) in [4.78, 5) is 0. The van der Waals surface area contributed by atoms with Crippen LogP contribution in [0.25, 0.3) is 0 Å². The van der Waals surface area contributed by atoms with Crippen LogP contribution in [0.3, 0.4) is 0 Å². The smallest absolute Gasteiger partial charge is 0.123 e. The highest BCUT2D eigenvalue weighted by Crippen LogP contribution is 2.18. The van der Waals surface area contributed by atoms with Crippen LogP contribution in [-0.4, -0.2) is 5.75 Å². The lowest BCUT2D eigenvalue weighted by molar-refractivity contribution is 0.625. The Bertz CT molecular complexity index is 250. The molecule has 0 aliphatic rings. The Morgan fingerprint density at radius 1 is 1.45 bits per heavy atom. The highest BCUT2D eigenvalue weighted by molar-refractivity contribution is 9.10. The largest absolute Gasteiger partial charge is 0.207 e.